The molecule has 3 atom stereocenters. The smallest absolute Gasteiger partial charge is 0.254 e. The summed E-state index contributed by atoms with van der Waals surface area (Å²) in [5.41, 5.74) is 2.99. The topological polar surface area (TPSA) is 59.4 Å². The van der Waals surface area contributed by atoms with Crippen molar-refractivity contribution >= 4 is 5.91 Å². The van der Waals surface area contributed by atoms with Crippen LogP contribution in [0.25, 0.3) is 0 Å². The molecule has 90 valence electrons. The summed E-state index contributed by atoms with van der Waals surface area (Å²) < 4.78 is 0. The lowest BCUT2D eigenvalue weighted by Crippen LogP contribution is -2.58. The van der Waals surface area contributed by atoms with Gasteiger partial charge in [-0.2, -0.15) is 5.26 Å². The van der Waals surface area contributed by atoms with Gasteiger partial charge in [-0.15, -0.1) is 0 Å². The van der Waals surface area contributed by atoms with Crippen LogP contribution in [0.1, 0.15) is 13.8 Å². The Morgan fingerprint density at radius 1 is 1.44 bits per heavy atom. The van der Waals surface area contributed by atoms with Crippen LogP contribution in [0.15, 0.2) is 0 Å². The SMILES string of the molecule is CC.CN1NCC2C(C#N)CN(C)C2C1=O. The number of hydrogen-bond acceptors (Lipinski definition) is 4. The fourth-order valence-electron chi connectivity index (χ4n) is 2.39. The monoisotopic (exact) mass is 224 g/mol. The highest BCUT2D eigenvalue weighted by molar-refractivity contribution is 5.82. The molecule has 2 aliphatic heterocycles. The number of carbonyl (C=O) groups excluding carboxylic acids is 1. The molecule has 2 saturated heterocycles. The number of likely N-dealkylation sites (tertiary alicyclic amines) is 1. The van der Waals surface area contributed by atoms with Crippen LogP contribution >= 0.6 is 0 Å². The van der Waals surface area contributed by atoms with E-state index >= 15 is 0 Å². The van der Waals surface area contributed by atoms with Gasteiger partial charge < -0.3 is 0 Å². The van der Waals surface area contributed by atoms with Crippen LogP contribution in [-0.4, -0.2) is 49.0 Å². The zero-order chi connectivity index (χ0) is 12.3. The Morgan fingerprint density at radius 2 is 2.06 bits per heavy atom. The molecule has 0 aromatic carbocycles. The molecule has 0 saturated carbocycles. The van der Waals surface area contributed by atoms with Crippen LogP contribution in [0.4, 0.5) is 0 Å². The molecule has 2 fully saturated rings. The zero-order valence-corrected chi connectivity index (χ0v) is 10.4. The van der Waals surface area contributed by atoms with Gasteiger partial charge >= 0.3 is 0 Å². The lowest BCUT2D eigenvalue weighted by atomic mass is 9.90. The average molecular weight is 224 g/mol. The molecule has 0 aromatic heterocycles. The molecule has 0 bridgehead atoms. The van der Waals surface area contributed by atoms with E-state index in [4.69, 9.17) is 5.26 Å². The van der Waals surface area contributed by atoms with Gasteiger partial charge in [0, 0.05) is 26.1 Å². The summed E-state index contributed by atoms with van der Waals surface area (Å²) in [5, 5.41) is 10.5. The molecule has 2 aliphatic rings. The van der Waals surface area contributed by atoms with Gasteiger partial charge in [0.2, 0.25) is 0 Å². The Morgan fingerprint density at radius 3 is 2.62 bits per heavy atom. The highest BCUT2D eigenvalue weighted by Crippen LogP contribution is 2.30. The van der Waals surface area contributed by atoms with Crippen LogP contribution in [0, 0.1) is 23.2 Å². The largest absolute Gasteiger partial charge is 0.293 e. The van der Waals surface area contributed by atoms with Gasteiger partial charge in [-0.1, -0.05) is 13.8 Å². The summed E-state index contributed by atoms with van der Waals surface area (Å²) in [5.74, 6) is 0.199. The molecule has 1 N–H and O–H groups in total. The number of rotatable bonds is 0. The van der Waals surface area contributed by atoms with E-state index in [1.807, 2.05) is 25.8 Å². The second-order valence-corrected chi connectivity index (χ2v) is 4.04. The van der Waals surface area contributed by atoms with Crippen molar-refractivity contribution in [3.63, 3.8) is 0 Å². The van der Waals surface area contributed by atoms with Crippen LogP contribution in [0.2, 0.25) is 0 Å². The number of hydrogen-bond donors (Lipinski definition) is 1. The molecule has 5 nitrogen and oxygen atoms in total. The first kappa shape index (κ1) is 12.9. The first-order valence-electron chi connectivity index (χ1n) is 5.76. The summed E-state index contributed by atoms with van der Waals surface area (Å²) in [4.78, 5) is 13.8. The minimum Gasteiger partial charge on any atom is -0.293 e. The lowest BCUT2D eigenvalue weighted by Gasteiger charge is -2.35. The maximum absolute atomic E-state index is 11.8. The van der Waals surface area contributed by atoms with Gasteiger partial charge in [-0.05, 0) is 7.05 Å². The molecule has 0 aromatic rings. The number of hydrazine groups is 1. The van der Waals surface area contributed by atoms with Crippen molar-refractivity contribution in [1.82, 2.24) is 15.3 Å². The first-order chi connectivity index (χ1) is 7.65. The van der Waals surface area contributed by atoms with E-state index in [1.54, 1.807) is 7.05 Å². The average Bonchev–Trinajstić information content (AvgIpc) is 2.64. The second-order valence-electron chi connectivity index (χ2n) is 4.04. The molecule has 0 radical (unpaired) electrons. The number of nitriles is 1. The maximum atomic E-state index is 11.8. The zero-order valence-electron chi connectivity index (χ0n) is 10.4. The first-order valence-corrected chi connectivity index (χ1v) is 5.76. The van der Waals surface area contributed by atoms with Crippen molar-refractivity contribution in [2.45, 2.75) is 19.9 Å². The Balaban J connectivity index is 0.000000606. The lowest BCUT2D eigenvalue weighted by molar-refractivity contribution is -0.142. The van der Waals surface area contributed by atoms with Crippen LogP contribution in [-0.2, 0) is 4.79 Å². The van der Waals surface area contributed by atoms with Crippen molar-refractivity contribution in [2.75, 3.05) is 27.2 Å². The Kier molecular flexibility index (Phi) is 4.27. The normalized spacial score (nSPS) is 33.8. The van der Waals surface area contributed by atoms with Crippen molar-refractivity contribution in [3.05, 3.63) is 0 Å². The van der Waals surface area contributed by atoms with Gasteiger partial charge in [0.05, 0.1) is 18.0 Å². The molecular weight excluding hydrogens is 204 g/mol. The van der Waals surface area contributed by atoms with Crippen LogP contribution < -0.4 is 5.43 Å². The second kappa shape index (κ2) is 5.28. The van der Waals surface area contributed by atoms with E-state index in [0.717, 1.165) is 6.54 Å². The maximum Gasteiger partial charge on any atom is 0.254 e. The number of nitrogens with one attached hydrogen (secondary N) is 1. The number of carbonyl (C=O) groups is 1. The minimum absolute atomic E-state index is 0.0184. The van der Waals surface area contributed by atoms with Gasteiger partial charge in [0.25, 0.3) is 5.91 Å². The molecule has 0 spiro atoms. The summed E-state index contributed by atoms with van der Waals surface area (Å²) in [6, 6.07) is 2.17. The summed E-state index contributed by atoms with van der Waals surface area (Å²) in [6.07, 6.45) is 0. The Hall–Kier alpha value is -1.12. The van der Waals surface area contributed by atoms with E-state index in [2.05, 4.69) is 11.5 Å². The van der Waals surface area contributed by atoms with E-state index in [1.165, 1.54) is 5.01 Å². The summed E-state index contributed by atoms with van der Waals surface area (Å²) in [7, 11) is 3.64. The Labute approximate surface area is 97.0 Å². The van der Waals surface area contributed by atoms with Gasteiger partial charge in [-0.25, -0.2) is 5.43 Å². The third-order valence-electron chi connectivity index (χ3n) is 3.20. The fourth-order valence-corrected chi connectivity index (χ4v) is 2.39. The van der Waals surface area contributed by atoms with Crippen molar-refractivity contribution < 1.29 is 4.79 Å². The van der Waals surface area contributed by atoms with Crippen molar-refractivity contribution in [1.29, 1.82) is 5.26 Å². The van der Waals surface area contributed by atoms with Crippen molar-refractivity contribution in [2.24, 2.45) is 11.8 Å². The summed E-state index contributed by atoms with van der Waals surface area (Å²) >= 11 is 0. The van der Waals surface area contributed by atoms with Crippen LogP contribution in [0.3, 0.4) is 0 Å². The third-order valence-corrected chi connectivity index (χ3v) is 3.20. The highest BCUT2D eigenvalue weighted by atomic mass is 16.2. The molecule has 1 amide bonds. The summed E-state index contributed by atoms with van der Waals surface area (Å²) in [6.45, 7) is 5.42. The number of fused-ring (bicyclic) bond motifs is 1. The molecule has 2 heterocycles. The van der Waals surface area contributed by atoms with Gasteiger partial charge in [-0.3, -0.25) is 14.7 Å². The molecule has 2 rings (SSSR count). The van der Waals surface area contributed by atoms with Crippen LogP contribution in [0.5, 0.6) is 0 Å². The van der Waals surface area contributed by atoms with E-state index in [0.29, 0.717) is 6.54 Å². The minimum atomic E-state index is -0.106. The molecule has 16 heavy (non-hydrogen) atoms. The predicted molar refractivity (Wildman–Crippen MR) is 61.1 cm³/mol. The molecule has 0 aliphatic carbocycles. The van der Waals surface area contributed by atoms with Gasteiger partial charge in [0.1, 0.15) is 0 Å². The standard InChI is InChI=1S/C9H14N4O.C2H6/c1-12-5-6(3-10)7-4-11-13(2)9(14)8(7)12;1-2/h6-8,11H,4-5H2,1-2H3;1-2H3. The fraction of sp³-hybridized carbons (Fsp3) is 0.818. The number of amides is 1. The molecular formula is C11H20N4O. The highest BCUT2D eigenvalue weighted by Gasteiger charge is 2.47. The predicted octanol–water partition coefficient (Wildman–Crippen LogP) is 0.0592. The quantitative estimate of drug-likeness (QED) is 0.632. The number of nitrogens with zero attached hydrogens (tertiary/aromatic N) is 3. The van der Waals surface area contributed by atoms with E-state index in [9.17, 15) is 4.79 Å². The number of likely N-dealkylation sites (N-methyl/N-ethyl adjacent to an activating group) is 2. The third kappa shape index (κ3) is 2.04. The van der Waals surface area contributed by atoms with Gasteiger partial charge in [0.15, 0.2) is 0 Å². The van der Waals surface area contributed by atoms with Crippen molar-refractivity contribution in [3.8, 4) is 6.07 Å². The Bertz CT molecular complexity index is 299. The molecule has 3 unspecified atom stereocenters. The van der Waals surface area contributed by atoms with E-state index < -0.39 is 0 Å². The molecule has 5 heteroatoms. The van der Waals surface area contributed by atoms with E-state index in [-0.39, 0.29) is 23.8 Å².